The lowest BCUT2D eigenvalue weighted by Gasteiger charge is -2.33. The second-order valence-corrected chi connectivity index (χ2v) is 7.39. The number of aryl methyl sites for hydroxylation is 1. The van der Waals surface area contributed by atoms with Crippen LogP contribution in [-0.2, 0) is 4.79 Å². The van der Waals surface area contributed by atoms with E-state index >= 15 is 0 Å². The van der Waals surface area contributed by atoms with Crippen molar-refractivity contribution in [2.45, 2.75) is 51.2 Å². The maximum atomic E-state index is 12.7. The lowest BCUT2D eigenvalue weighted by molar-refractivity contribution is -0.133. The number of benzene rings is 1. The van der Waals surface area contributed by atoms with Crippen molar-refractivity contribution in [3.05, 3.63) is 29.8 Å². The number of rotatable bonds is 5. The Hall–Kier alpha value is -2.08. The highest BCUT2D eigenvalue weighted by molar-refractivity contribution is 6.07. The molecular weight excluding hydrogens is 320 g/mol. The molecule has 1 saturated heterocycles. The number of aliphatic hydroxyl groups excluding tert-OH is 1. The van der Waals surface area contributed by atoms with Crippen LogP contribution in [0.25, 0.3) is 0 Å². The lowest BCUT2D eigenvalue weighted by Crippen LogP contribution is -2.49. The second-order valence-electron chi connectivity index (χ2n) is 7.39. The topological polar surface area (TPSA) is 78.9 Å². The van der Waals surface area contributed by atoms with Crippen LogP contribution in [0.2, 0.25) is 0 Å². The first-order chi connectivity index (χ1) is 11.9. The average molecular weight is 346 g/mol. The summed E-state index contributed by atoms with van der Waals surface area (Å²) in [5.74, 6) is 1.03. The van der Waals surface area contributed by atoms with Crippen molar-refractivity contribution in [1.82, 2.24) is 10.2 Å². The monoisotopic (exact) mass is 346 g/mol. The molecule has 1 saturated carbocycles. The molecule has 3 rings (SSSR count). The van der Waals surface area contributed by atoms with Crippen LogP contribution in [-0.4, -0.2) is 46.7 Å². The number of hydrogen-bond donors (Lipinski definition) is 2. The molecule has 3 amide bonds. The molecule has 136 valence electrons. The summed E-state index contributed by atoms with van der Waals surface area (Å²) in [5.41, 5.74) is 0.301. The van der Waals surface area contributed by atoms with Crippen molar-refractivity contribution >= 4 is 11.9 Å². The predicted molar refractivity (Wildman–Crippen MR) is 93.3 cm³/mol. The van der Waals surface area contributed by atoms with E-state index in [1.54, 1.807) is 0 Å². The zero-order valence-electron chi connectivity index (χ0n) is 14.8. The van der Waals surface area contributed by atoms with Gasteiger partial charge in [-0.3, -0.25) is 9.69 Å². The fourth-order valence-electron chi connectivity index (χ4n) is 3.60. The summed E-state index contributed by atoms with van der Waals surface area (Å²) in [7, 11) is 0. The highest BCUT2D eigenvalue weighted by Gasteiger charge is 2.52. The smallest absolute Gasteiger partial charge is 0.325 e. The summed E-state index contributed by atoms with van der Waals surface area (Å²) >= 11 is 0. The molecule has 1 atom stereocenters. The highest BCUT2D eigenvalue weighted by atomic mass is 16.5. The number of nitrogens with one attached hydrogen (secondary N) is 1. The van der Waals surface area contributed by atoms with Gasteiger partial charge in [-0.2, -0.15) is 0 Å². The van der Waals surface area contributed by atoms with Gasteiger partial charge in [0.1, 0.15) is 24.0 Å². The van der Waals surface area contributed by atoms with E-state index in [9.17, 15) is 14.7 Å². The van der Waals surface area contributed by atoms with Crippen molar-refractivity contribution in [1.29, 1.82) is 0 Å². The van der Waals surface area contributed by atoms with Gasteiger partial charge in [0, 0.05) is 0 Å². The molecule has 1 heterocycles. The van der Waals surface area contributed by atoms with Gasteiger partial charge in [0.2, 0.25) is 0 Å². The number of urea groups is 1. The Kier molecular flexibility index (Phi) is 4.99. The summed E-state index contributed by atoms with van der Waals surface area (Å²) in [4.78, 5) is 26.1. The van der Waals surface area contributed by atoms with E-state index in [1.807, 2.05) is 31.2 Å². The van der Waals surface area contributed by atoms with Gasteiger partial charge < -0.3 is 15.2 Å². The molecule has 0 radical (unpaired) electrons. The minimum absolute atomic E-state index is 0.0323. The minimum Gasteiger partial charge on any atom is -0.491 e. The number of carbonyl (C=O) groups excluding carboxylic acids is 2. The number of aliphatic hydroxyl groups is 1. The summed E-state index contributed by atoms with van der Waals surface area (Å²) in [6.45, 7) is 4.11. The number of hydrogen-bond acceptors (Lipinski definition) is 4. The third-order valence-electron chi connectivity index (χ3n) is 5.20. The summed E-state index contributed by atoms with van der Waals surface area (Å²) < 4.78 is 5.56. The van der Waals surface area contributed by atoms with E-state index in [2.05, 4.69) is 12.2 Å². The van der Waals surface area contributed by atoms with Crippen LogP contribution in [0.3, 0.4) is 0 Å². The molecule has 1 spiro atoms. The molecule has 1 aromatic rings. The molecule has 0 bridgehead atoms. The van der Waals surface area contributed by atoms with Crippen LogP contribution in [0.1, 0.15) is 38.2 Å². The minimum atomic E-state index is -0.923. The molecule has 25 heavy (non-hydrogen) atoms. The molecule has 2 fully saturated rings. The van der Waals surface area contributed by atoms with Gasteiger partial charge in [0.05, 0.1) is 6.54 Å². The summed E-state index contributed by atoms with van der Waals surface area (Å²) in [6.07, 6.45) is 2.28. The number of imide groups is 1. The van der Waals surface area contributed by atoms with E-state index in [4.69, 9.17) is 4.74 Å². The molecule has 0 aromatic heterocycles. The van der Waals surface area contributed by atoms with E-state index in [1.165, 1.54) is 0 Å². The van der Waals surface area contributed by atoms with Crippen LogP contribution >= 0.6 is 0 Å². The van der Waals surface area contributed by atoms with Gasteiger partial charge in [-0.1, -0.05) is 19.1 Å². The van der Waals surface area contributed by atoms with Crippen LogP contribution in [0.5, 0.6) is 5.75 Å². The Morgan fingerprint density at radius 1 is 1.36 bits per heavy atom. The standard InChI is InChI=1S/C19H26N2O4/c1-13-6-8-19(9-7-13)17(23)21(18(24)20-19)11-15(22)12-25-16-5-3-4-14(2)10-16/h3-5,10,13,15,22H,6-9,11-12H2,1-2H3,(H,20,24). The van der Waals surface area contributed by atoms with Crippen LogP contribution in [0.4, 0.5) is 4.79 Å². The van der Waals surface area contributed by atoms with E-state index in [-0.39, 0.29) is 19.1 Å². The van der Waals surface area contributed by atoms with Crippen molar-refractivity contribution in [2.75, 3.05) is 13.2 Å². The Bertz CT molecular complexity index is 653. The first-order valence-electron chi connectivity index (χ1n) is 8.91. The van der Waals surface area contributed by atoms with Gasteiger partial charge in [-0.05, 0) is 56.2 Å². The summed E-state index contributed by atoms with van der Waals surface area (Å²) in [6, 6.07) is 7.11. The number of carbonyl (C=O) groups is 2. The second kappa shape index (κ2) is 7.04. The molecule has 1 aromatic carbocycles. The third-order valence-corrected chi connectivity index (χ3v) is 5.20. The summed E-state index contributed by atoms with van der Waals surface area (Å²) in [5, 5.41) is 13.1. The number of ether oxygens (including phenoxy) is 1. The first-order valence-corrected chi connectivity index (χ1v) is 8.91. The fourth-order valence-corrected chi connectivity index (χ4v) is 3.60. The average Bonchev–Trinajstić information content (AvgIpc) is 2.80. The fraction of sp³-hybridized carbons (Fsp3) is 0.579. The van der Waals surface area contributed by atoms with Gasteiger partial charge in [-0.25, -0.2) is 4.79 Å². The molecule has 6 heteroatoms. The normalized spacial score (nSPS) is 27.5. The van der Waals surface area contributed by atoms with Crippen molar-refractivity contribution < 1.29 is 19.4 Å². The Labute approximate surface area is 148 Å². The Morgan fingerprint density at radius 3 is 2.76 bits per heavy atom. The van der Waals surface area contributed by atoms with E-state index in [0.717, 1.165) is 23.3 Å². The first kappa shape index (κ1) is 17.7. The maximum Gasteiger partial charge on any atom is 0.325 e. The zero-order valence-corrected chi connectivity index (χ0v) is 14.8. The van der Waals surface area contributed by atoms with E-state index in [0.29, 0.717) is 24.5 Å². The molecule has 1 unspecified atom stereocenters. The van der Waals surface area contributed by atoms with Crippen LogP contribution < -0.4 is 10.1 Å². The predicted octanol–water partition coefficient (Wildman–Crippen LogP) is 2.24. The molecule has 1 aliphatic carbocycles. The molecular formula is C19H26N2O4. The SMILES string of the molecule is Cc1cccc(OCC(O)CN2C(=O)NC3(CCC(C)CC3)C2=O)c1. The number of nitrogens with zero attached hydrogens (tertiary/aromatic N) is 1. The van der Waals surface area contributed by atoms with Gasteiger partial charge in [-0.15, -0.1) is 0 Å². The Morgan fingerprint density at radius 2 is 2.08 bits per heavy atom. The van der Waals surface area contributed by atoms with Crippen LogP contribution in [0.15, 0.2) is 24.3 Å². The van der Waals surface area contributed by atoms with Gasteiger partial charge >= 0.3 is 6.03 Å². The van der Waals surface area contributed by atoms with Crippen molar-refractivity contribution in [3.63, 3.8) is 0 Å². The van der Waals surface area contributed by atoms with Gasteiger partial charge in [0.25, 0.3) is 5.91 Å². The zero-order chi connectivity index (χ0) is 18.0. The van der Waals surface area contributed by atoms with Crippen LogP contribution in [0, 0.1) is 12.8 Å². The largest absolute Gasteiger partial charge is 0.491 e. The molecule has 2 N–H and O–H groups in total. The van der Waals surface area contributed by atoms with Crippen molar-refractivity contribution in [3.8, 4) is 5.75 Å². The molecule has 6 nitrogen and oxygen atoms in total. The Balaban J connectivity index is 1.56. The molecule has 1 aliphatic heterocycles. The van der Waals surface area contributed by atoms with Gasteiger partial charge in [0.15, 0.2) is 0 Å². The molecule has 2 aliphatic rings. The third kappa shape index (κ3) is 3.79. The number of amides is 3. The highest BCUT2D eigenvalue weighted by Crippen LogP contribution is 2.36. The lowest BCUT2D eigenvalue weighted by atomic mass is 9.77. The maximum absolute atomic E-state index is 12.7. The van der Waals surface area contributed by atoms with Crippen molar-refractivity contribution in [2.24, 2.45) is 5.92 Å². The quantitative estimate of drug-likeness (QED) is 0.802. The number of β-amino-alcohol motifs (C(OH)–C–C–N with tert-alkyl or cyclic N) is 1. The van der Waals surface area contributed by atoms with E-state index < -0.39 is 17.7 Å².